The van der Waals surface area contributed by atoms with Gasteiger partial charge in [0.25, 0.3) is 0 Å². The van der Waals surface area contributed by atoms with Gasteiger partial charge in [0.15, 0.2) is 6.10 Å². The Morgan fingerprint density at radius 2 is 1.32 bits per heavy atom. The summed E-state index contributed by atoms with van der Waals surface area (Å²) in [7, 11) is 0. The lowest BCUT2D eigenvalue weighted by Gasteiger charge is -2.24. The molecule has 8 nitrogen and oxygen atoms in total. The van der Waals surface area contributed by atoms with E-state index in [0.29, 0.717) is 35.1 Å². The average Bonchev–Trinajstić information content (AvgIpc) is 3.26. The van der Waals surface area contributed by atoms with E-state index in [4.69, 9.17) is 35.3 Å². The van der Waals surface area contributed by atoms with Crippen LogP contribution in [0.2, 0.25) is 0 Å². The highest BCUT2D eigenvalue weighted by Crippen LogP contribution is 2.31. The van der Waals surface area contributed by atoms with Gasteiger partial charge in [-0.25, -0.2) is 9.59 Å². The summed E-state index contributed by atoms with van der Waals surface area (Å²) in [4.78, 5) is 25.7. The molecular formula is C28H27ClO8. The number of alkyl halides is 1. The highest BCUT2D eigenvalue weighted by atomic mass is 35.5. The lowest BCUT2D eigenvalue weighted by Crippen LogP contribution is -2.42. The Morgan fingerprint density at radius 3 is 1.86 bits per heavy atom. The molecule has 194 valence electrons. The number of esters is 2. The summed E-state index contributed by atoms with van der Waals surface area (Å²) in [5.41, 5.74) is 0.613. The summed E-state index contributed by atoms with van der Waals surface area (Å²) in [5.74, 6) is 0.255. The number of halogens is 1. The topological polar surface area (TPSA) is 101 Å². The number of carbonyl (C=O) groups is 2. The van der Waals surface area contributed by atoms with Crippen LogP contribution in [-0.2, 0) is 14.2 Å². The molecule has 3 aromatic rings. The molecule has 0 saturated carbocycles. The minimum absolute atomic E-state index is 0.306. The molecule has 2 unspecified atom stereocenters. The standard InChI is InChI=1S/C28H27ClO8/c29-16-7-17-33-21-12-14-22(15-13-21)34-28-25(37-27(32)20-10-5-2-6-11-20)24(23(18-30)35-28)36-26(31)19-8-3-1-4-9-19/h1-6,8-15,23-25,28,30H,7,16-18H2/t23-,24?,25?,28+/m1/s1. The summed E-state index contributed by atoms with van der Waals surface area (Å²) >= 11 is 5.68. The summed E-state index contributed by atoms with van der Waals surface area (Å²) in [6, 6.07) is 23.6. The molecule has 0 amide bonds. The first-order valence-electron chi connectivity index (χ1n) is 11.8. The molecule has 1 aliphatic rings. The van der Waals surface area contributed by atoms with Gasteiger partial charge in [-0.3, -0.25) is 0 Å². The van der Waals surface area contributed by atoms with Crippen molar-refractivity contribution in [2.24, 2.45) is 0 Å². The fourth-order valence-corrected chi connectivity index (χ4v) is 3.83. The maximum absolute atomic E-state index is 12.9. The van der Waals surface area contributed by atoms with E-state index in [0.717, 1.165) is 6.42 Å². The Bertz CT molecular complexity index is 1140. The van der Waals surface area contributed by atoms with Crippen molar-refractivity contribution in [2.75, 3.05) is 19.1 Å². The van der Waals surface area contributed by atoms with Crippen molar-refractivity contribution in [3.8, 4) is 11.5 Å². The van der Waals surface area contributed by atoms with Crippen molar-refractivity contribution >= 4 is 23.5 Å². The van der Waals surface area contributed by atoms with Crippen LogP contribution in [0.4, 0.5) is 0 Å². The average molecular weight is 527 g/mol. The molecular weight excluding hydrogens is 500 g/mol. The minimum atomic E-state index is -1.16. The Labute approximate surface area is 219 Å². The van der Waals surface area contributed by atoms with Crippen molar-refractivity contribution in [2.45, 2.75) is 31.0 Å². The summed E-state index contributed by atoms with van der Waals surface area (Å²) in [6.07, 6.45) is -3.69. The Balaban J connectivity index is 1.54. The third-order valence-corrected chi connectivity index (χ3v) is 5.84. The number of hydrogen-bond acceptors (Lipinski definition) is 8. The van der Waals surface area contributed by atoms with Gasteiger partial charge in [-0.2, -0.15) is 0 Å². The van der Waals surface area contributed by atoms with E-state index in [1.165, 1.54) is 0 Å². The van der Waals surface area contributed by atoms with Gasteiger partial charge in [0.05, 0.1) is 24.3 Å². The molecule has 0 bridgehead atoms. The van der Waals surface area contributed by atoms with Crippen LogP contribution < -0.4 is 9.47 Å². The molecule has 4 rings (SSSR count). The molecule has 1 aliphatic heterocycles. The third-order valence-electron chi connectivity index (χ3n) is 5.58. The summed E-state index contributed by atoms with van der Waals surface area (Å²) in [6.45, 7) is -0.00107. The number of aliphatic hydroxyl groups is 1. The molecule has 9 heteroatoms. The van der Waals surface area contributed by atoms with Crippen molar-refractivity contribution < 1.29 is 38.4 Å². The molecule has 37 heavy (non-hydrogen) atoms. The molecule has 3 aromatic carbocycles. The lowest BCUT2D eigenvalue weighted by atomic mass is 10.1. The number of rotatable bonds is 11. The van der Waals surface area contributed by atoms with Gasteiger partial charge in [0.2, 0.25) is 12.4 Å². The van der Waals surface area contributed by atoms with Crippen LogP contribution in [0.5, 0.6) is 11.5 Å². The highest BCUT2D eigenvalue weighted by molar-refractivity contribution is 6.17. The van der Waals surface area contributed by atoms with Gasteiger partial charge in [-0.15, -0.1) is 11.6 Å². The van der Waals surface area contributed by atoms with E-state index in [-0.39, 0.29) is 0 Å². The third kappa shape index (κ3) is 7.01. The van der Waals surface area contributed by atoms with Crippen molar-refractivity contribution in [1.29, 1.82) is 0 Å². The first-order chi connectivity index (χ1) is 18.1. The molecule has 0 aliphatic carbocycles. The first-order valence-corrected chi connectivity index (χ1v) is 12.4. The summed E-state index contributed by atoms with van der Waals surface area (Å²) in [5, 5.41) is 9.97. The smallest absolute Gasteiger partial charge is 0.338 e. The fourth-order valence-electron chi connectivity index (χ4n) is 3.73. The van der Waals surface area contributed by atoms with Gasteiger partial charge in [-0.05, 0) is 55.0 Å². The van der Waals surface area contributed by atoms with Crippen LogP contribution >= 0.6 is 11.6 Å². The van der Waals surface area contributed by atoms with Crippen molar-refractivity contribution in [1.82, 2.24) is 0 Å². The highest BCUT2D eigenvalue weighted by Gasteiger charge is 2.51. The lowest BCUT2D eigenvalue weighted by molar-refractivity contribution is -0.119. The minimum Gasteiger partial charge on any atom is -0.494 e. The molecule has 0 spiro atoms. The van der Waals surface area contributed by atoms with Gasteiger partial charge in [0, 0.05) is 5.88 Å². The van der Waals surface area contributed by atoms with E-state index in [1.54, 1.807) is 84.9 Å². The Hall–Kier alpha value is -3.59. The van der Waals surface area contributed by atoms with Gasteiger partial charge in [0.1, 0.15) is 17.6 Å². The van der Waals surface area contributed by atoms with Crippen LogP contribution in [0, 0.1) is 0 Å². The molecule has 4 atom stereocenters. The SMILES string of the molecule is O=C(OC1C(OC(=O)c2ccccc2)[C@@H](CO)O[C@@H]1Oc1ccc(OCCCCl)cc1)c1ccccc1. The van der Waals surface area contributed by atoms with Crippen LogP contribution in [0.3, 0.4) is 0 Å². The van der Waals surface area contributed by atoms with Gasteiger partial charge in [-0.1, -0.05) is 36.4 Å². The zero-order chi connectivity index (χ0) is 26.0. The van der Waals surface area contributed by atoms with Crippen LogP contribution in [0.1, 0.15) is 27.1 Å². The van der Waals surface area contributed by atoms with E-state index in [2.05, 4.69) is 0 Å². The number of benzene rings is 3. The second kappa shape index (κ2) is 13.1. The number of hydrogen-bond donors (Lipinski definition) is 1. The number of carbonyl (C=O) groups excluding carboxylic acids is 2. The molecule has 0 aromatic heterocycles. The van der Waals surface area contributed by atoms with Crippen molar-refractivity contribution in [3.63, 3.8) is 0 Å². The second-order valence-corrected chi connectivity index (χ2v) is 8.56. The van der Waals surface area contributed by atoms with E-state index in [1.807, 2.05) is 0 Å². The first kappa shape index (κ1) is 26.5. The molecule has 1 fully saturated rings. The predicted octanol–water partition coefficient (Wildman–Crippen LogP) is 4.24. The van der Waals surface area contributed by atoms with E-state index in [9.17, 15) is 14.7 Å². The van der Waals surface area contributed by atoms with Crippen LogP contribution in [-0.4, -0.2) is 60.7 Å². The van der Waals surface area contributed by atoms with Gasteiger partial charge < -0.3 is 28.8 Å². The maximum Gasteiger partial charge on any atom is 0.338 e. The van der Waals surface area contributed by atoms with E-state index >= 15 is 0 Å². The van der Waals surface area contributed by atoms with Crippen molar-refractivity contribution in [3.05, 3.63) is 96.1 Å². The van der Waals surface area contributed by atoms with Crippen LogP contribution in [0.25, 0.3) is 0 Å². The predicted molar refractivity (Wildman–Crippen MR) is 135 cm³/mol. The zero-order valence-corrected chi connectivity index (χ0v) is 20.7. The number of aliphatic hydroxyl groups excluding tert-OH is 1. The van der Waals surface area contributed by atoms with E-state index < -0.39 is 43.1 Å². The zero-order valence-electron chi connectivity index (χ0n) is 19.9. The molecule has 0 radical (unpaired) electrons. The largest absolute Gasteiger partial charge is 0.494 e. The Kier molecular flexibility index (Phi) is 9.37. The molecule has 1 N–H and O–H groups in total. The van der Waals surface area contributed by atoms with Crippen LogP contribution in [0.15, 0.2) is 84.9 Å². The molecule has 1 saturated heterocycles. The normalized spacial score (nSPS) is 20.7. The maximum atomic E-state index is 12.9. The second-order valence-electron chi connectivity index (χ2n) is 8.18. The quantitative estimate of drug-likeness (QED) is 0.225. The molecule has 1 heterocycles. The number of ether oxygens (including phenoxy) is 5. The Morgan fingerprint density at radius 1 is 0.784 bits per heavy atom. The van der Waals surface area contributed by atoms with Gasteiger partial charge >= 0.3 is 11.9 Å². The fraction of sp³-hybridized carbons (Fsp3) is 0.286. The monoisotopic (exact) mass is 526 g/mol. The summed E-state index contributed by atoms with van der Waals surface area (Å²) < 4.78 is 28.8.